The molecule has 2 unspecified atom stereocenters. The predicted molar refractivity (Wildman–Crippen MR) is 121 cm³/mol. The first-order valence-corrected chi connectivity index (χ1v) is 11.6. The lowest BCUT2D eigenvalue weighted by Crippen LogP contribution is -2.40. The molecule has 0 spiro atoms. The largest absolute Gasteiger partial charge is 0.490 e. The number of rotatable bonds is 9. The van der Waals surface area contributed by atoms with E-state index in [4.69, 9.17) is 14.2 Å². The topological polar surface area (TPSA) is 77.4 Å². The van der Waals surface area contributed by atoms with Gasteiger partial charge in [-0.1, -0.05) is 38.1 Å². The zero-order valence-electron chi connectivity index (χ0n) is 18.8. The predicted octanol–water partition coefficient (Wildman–Crippen LogP) is 4.48. The molecule has 31 heavy (non-hydrogen) atoms. The van der Waals surface area contributed by atoms with Gasteiger partial charge in [-0.05, 0) is 44.4 Å². The molecule has 0 aliphatic carbocycles. The number of ether oxygens (including phenoxy) is 3. The fraction of sp³-hybridized carbons (Fsp3) is 0.522. The summed E-state index contributed by atoms with van der Waals surface area (Å²) in [7, 11) is 1.34. The molecular weight excluding hydrogens is 416 g/mol. The molecule has 2 atom stereocenters. The maximum atomic E-state index is 13.2. The monoisotopic (exact) mass is 446 g/mol. The number of carbonyl (C=O) groups excluding carboxylic acids is 2. The third-order valence-electron chi connectivity index (χ3n) is 5.27. The third kappa shape index (κ3) is 4.59. The molecule has 8 heteroatoms. The van der Waals surface area contributed by atoms with E-state index in [1.54, 1.807) is 11.8 Å². The Labute approximate surface area is 187 Å². The zero-order valence-corrected chi connectivity index (χ0v) is 19.6. The fourth-order valence-corrected chi connectivity index (χ4v) is 4.82. The number of esters is 1. The van der Waals surface area contributed by atoms with Crippen LogP contribution in [0.2, 0.25) is 0 Å². The van der Waals surface area contributed by atoms with E-state index in [2.05, 4.69) is 11.9 Å². The van der Waals surface area contributed by atoms with Crippen molar-refractivity contribution >= 4 is 28.8 Å². The van der Waals surface area contributed by atoms with Crippen LogP contribution in [0.5, 0.6) is 11.5 Å². The Morgan fingerprint density at radius 3 is 2.61 bits per heavy atom. The minimum Gasteiger partial charge on any atom is -0.490 e. The summed E-state index contributed by atoms with van der Waals surface area (Å²) in [6.07, 6.45) is 2.67. The van der Waals surface area contributed by atoms with Crippen LogP contribution in [0.3, 0.4) is 0 Å². The quantitative estimate of drug-likeness (QED) is 0.411. The van der Waals surface area contributed by atoms with Crippen molar-refractivity contribution in [2.45, 2.75) is 58.2 Å². The second kappa shape index (κ2) is 10.2. The van der Waals surface area contributed by atoms with Crippen molar-refractivity contribution in [3.05, 3.63) is 35.0 Å². The minimum absolute atomic E-state index is 0.0496. The lowest BCUT2D eigenvalue weighted by molar-refractivity contribution is -0.137. The van der Waals surface area contributed by atoms with Crippen molar-refractivity contribution in [1.29, 1.82) is 0 Å². The van der Waals surface area contributed by atoms with Crippen molar-refractivity contribution in [2.24, 2.45) is 4.99 Å². The molecule has 1 aromatic rings. The highest BCUT2D eigenvalue weighted by molar-refractivity contribution is 8.15. The van der Waals surface area contributed by atoms with E-state index in [0.717, 1.165) is 18.4 Å². The number of aliphatic imine (C=N–C) groups is 1. The lowest BCUT2D eigenvalue weighted by atomic mass is 9.94. The van der Waals surface area contributed by atoms with Crippen LogP contribution in [0.25, 0.3) is 0 Å². The van der Waals surface area contributed by atoms with E-state index >= 15 is 0 Å². The Morgan fingerprint density at radius 1 is 1.19 bits per heavy atom. The van der Waals surface area contributed by atoms with Crippen LogP contribution in [0.4, 0.5) is 0 Å². The van der Waals surface area contributed by atoms with Crippen LogP contribution in [-0.2, 0) is 14.3 Å². The van der Waals surface area contributed by atoms with E-state index in [9.17, 15) is 9.59 Å². The van der Waals surface area contributed by atoms with E-state index in [1.807, 2.05) is 32.0 Å². The molecular formula is C23H30N2O5S. The molecule has 0 bridgehead atoms. The highest BCUT2D eigenvalue weighted by Gasteiger charge is 2.47. The van der Waals surface area contributed by atoms with Gasteiger partial charge >= 0.3 is 5.97 Å². The van der Waals surface area contributed by atoms with E-state index in [0.29, 0.717) is 47.6 Å². The average molecular weight is 447 g/mol. The Bertz CT molecular complexity index is 911. The molecule has 0 radical (unpaired) electrons. The number of nitrogens with zero attached hydrogens (tertiary/aromatic N) is 2. The molecule has 0 saturated carbocycles. The van der Waals surface area contributed by atoms with Gasteiger partial charge in [-0.25, -0.2) is 9.79 Å². The number of hydrogen-bond donors (Lipinski definition) is 0. The van der Waals surface area contributed by atoms with Crippen LogP contribution in [-0.4, -0.2) is 47.5 Å². The second-order valence-electron chi connectivity index (χ2n) is 7.35. The Balaban J connectivity index is 2.08. The van der Waals surface area contributed by atoms with Gasteiger partial charge in [0, 0.05) is 0 Å². The van der Waals surface area contributed by atoms with Crippen molar-refractivity contribution in [1.82, 2.24) is 4.90 Å². The third-order valence-corrected chi connectivity index (χ3v) is 6.58. The molecule has 0 aromatic heterocycles. The molecule has 7 nitrogen and oxygen atoms in total. The number of thioether (sulfide) groups is 1. The SMILES string of the molecule is CCCCOc1ccc(C2C(C(=O)OC)=C(C)N=C3SC(CC)C(=O)N32)cc1OCC. The zero-order chi connectivity index (χ0) is 22.5. The maximum absolute atomic E-state index is 13.2. The molecule has 168 valence electrons. The molecule has 2 aliphatic heterocycles. The minimum atomic E-state index is -0.625. The van der Waals surface area contributed by atoms with Gasteiger partial charge in [-0.2, -0.15) is 0 Å². The van der Waals surface area contributed by atoms with E-state index in [-0.39, 0.29) is 11.2 Å². The van der Waals surface area contributed by atoms with E-state index < -0.39 is 12.0 Å². The summed E-state index contributed by atoms with van der Waals surface area (Å²) in [4.78, 5) is 32.1. The van der Waals surface area contributed by atoms with Crippen LogP contribution < -0.4 is 9.47 Å². The summed E-state index contributed by atoms with van der Waals surface area (Å²) in [6, 6.07) is 4.95. The summed E-state index contributed by atoms with van der Waals surface area (Å²) >= 11 is 1.44. The molecule has 1 aromatic carbocycles. The number of hydrogen-bond acceptors (Lipinski definition) is 7. The van der Waals surface area contributed by atoms with E-state index in [1.165, 1.54) is 18.9 Å². The number of allylic oxidation sites excluding steroid dienone is 1. The van der Waals surface area contributed by atoms with Crippen LogP contribution >= 0.6 is 11.8 Å². The van der Waals surface area contributed by atoms with Crippen molar-refractivity contribution < 1.29 is 23.8 Å². The number of unbranched alkanes of at least 4 members (excludes halogenated alkanes) is 1. The van der Waals surface area contributed by atoms with Gasteiger partial charge in [0.15, 0.2) is 16.7 Å². The van der Waals surface area contributed by atoms with Crippen molar-refractivity contribution in [3.8, 4) is 11.5 Å². The number of methoxy groups -OCH3 is 1. The van der Waals surface area contributed by atoms with Gasteiger partial charge in [-0.15, -0.1) is 0 Å². The summed E-state index contributed by atoms with van der Waals surface area (Å²) in [5.74, 6) is 0.696. The van der Waals surface area contributed by atoms with Crippen LogP contribution in [0.15, 0.2) is 34.5 Å². The van der Waals surface area contributed by atoms with Gasteiger partial charge < -0.3 is 14.2 Å². The number of benzene rings is 1. The highest BCUT2D eigenvalue weighted by Crippen LogP contribution is 2.45. The fourth-order valence-electron chi connectivity index (χ4n) is 3.68. The lowest BCUT2D eigenvalue weighted by Gasteiger charge is -2.33. The van der Waals surface area contributed by atoms with Crippen LogP contribution in [0.1, 0.15) is 58.6 Å². The van der Waals surface area contributed by atoms with Crippen molar-refractivity contribution in [2.75, 3.05) is 20.3 Å². The molecule has 3 rings (SSSR count). The average Bonchev–Trinajstić information content (AvgIpc) is 3.08. The molecule has 2 heterocycles. The maximum Gasteiger partial charge on any atom is 0.338 e. The Morgan fingerprint density at radius 2 is 1.97 bits per heavy atom. The van der Waals surface area contributed by atoms with Gasteiger partial charge in [0.05, 0.1) is 42.9 Å². The first-order chi connectivity index (χ1) is 15.0. The summed E-state index contributed by atoms with van der Waals surface area (Å²) in [6.45, 7) is 8.84. The number of fused-ring (bicyclic) bond motifs is 1. The molecule has 1 saturated heterocycles. The van der Waals surface area contributed by atoms with Crippen LogP contribution in [0, 0.1) is 0 Å². The number of amides is 1. The molecule has 1 fully saturated rings. The normalized spacial score (nSPS) is 20.5. The van der Waals surface area contributed by atoms with Gasteiger partial charge in [0.1, 0.15) is 0 Å². The first-order valence-electron chi connectivity index (χ1n) is 10.7. The van der Waals surface area contributed by atoms with Gasteiger partial charge in [0.2, 0.25) is 5.91 Å². The summed E-state index contributed by atoms with van der Waals surface area (Å²) in [5.41, 5.74) is 1.67. The Hall–Kier alpha value is -2.48. The second-order valence-corrected chi connectivity index (χ2v) is 8.52. The highest BCUT2D eigenvalue weighted by atomic mass is 32.2. The summed E-state index contributed by atoms with van der Waals surface area (Å²) in [5, 5.41) is 0.405. The van der Waals surface area contributed by atoms with Gasteiger partial charge in [-0.3, -0.25) is 9.69 Å². The van der Waals surface area contributed by atoms with Crippen molar-refractivity contribution in [3.63, 3.8) is 0 Å². The smallest absolute Gasteiger partial charge is 0.338 e. The molecule has 2 aliphatic rings. The number of carbonyl (C=O) groups is 2. The first kappa shape index (κ1) is 23.2. The standard InChI is InChI=1S/C23H30N2O5S/c1-6-9-12-30-16-11-10-15(13-17(16)29-8-3)20-19(22(27)28-5)14(4)24-23-25(20)21(26)18(7-2)31-23/h10-11,13,18,20H,6-9,12H2,1-5H3. The molecule has 1 amide bonds. The molecule has 0 N–H and O–H groups in total. The number of amidine groups is 1. The summed E-state index contributed by atoms with van der Waals surface area (Å²) < 4.78 is 16.8. The van der Waals surface area contributed by atoms with Gasteiger partial charge in [0.25, 0.3) is 0 Å². The Kier molecular flexibility index (Phi) is 7.64.